The lowest BCUT2D eigenvalue weighted by Crippen LogP contribution is -2.51. The third-order valence-electron chi connectivity index (χ3n) is 4.94. The molecule has 0 atom stereocenters. The molecule has 1 saturated heterocycles. The Bertz CT molecular complexity index is 1130. The molecule has 8 nitrogen and oxygen atoms in total. The summed E-state index contributed by atoms with van der Waals surface area (Å²) in [5.41, 5.74) is 0.851. The summed E-state index contributed by atoms with van der Waals surface area (Å²) in [4.78, 5) is 26.1. The van der Waals surface area contributed by atoms with Gasteiger partial charge in [0.05, 0.1) is 11.4 Å². The molecule has 1 fully saturated rings. The number of benzene rings is 1. The molecule has 0 unspecified atom stereocenters. The van der Waals surface area contributed by atoms with Gasteiger partial charge in [0.15, 0.2) is 5.13 Å². The van der Waals surface area contributed by atoms with Gasteiger partial charge in [-0.3, -0.25) is 4.79 Å². The highest BCUT2D eigenvalue weighted by Crippen LogP contribution is 2.27. The van der Waals surface area contributed by atoms with Crippen LogP contribution < -0.4 is 4.90 Å². The second-order valence-electron chi connectivity index (χ2n) is 6.91. The number of aromatic nitrogens is 2. The third-order valence-corrected chi connectivity index (χ3v) is 7.80. The van der Waals surface area contributed by atoms with Gasteiger partial charge in [-0.05, 0) is 36.4 Å². The first-order chi connectivity index (χ1) is 14.3. The monoisotopic (exact) mass is 449 g/mol. The normalized spacial score (nSPS) is 15.2. The molecule has 0 N–H and O–H groups in total. The predicted molar refractivity (Wildman–Crippen MR) is 112 cm³/mol. The Kier molecular flexibility index (Phi) is 5.67. The minimum absolute atomic E-state index is 0.0477. The molecule has 0 bridgehead atoms. The lowest BCUT2D eigenvalue weighted by Gasteiger charge is -2.35. The molecule has 0 spiro atoms. The number of carbonyl (C=O) groups excluding carboxylic acids is 1. The summed E-state index contributed by atoms with van der Waals surface area (Å²) in [6.07, 6.45) is 1.73. The first-order valence-corrected chi connectivity index (χ1v) is 11.6. The van der Waals surface area contributed by atoms with Gasteiger partial charge in [-0.15, -0.1) is 0 Å². The first kappa shape index (κ1) is 20.6. The quantitative estimate of drug-likeness (QED) is 0.590. The minimum Gasteiger partial charge on any atom is -0.344 e. The Hall–Kier alpha value is -2.63. The van der Waals surface area contributed by atoms with Crippen LogP contribution in [-0.4, -0.2) is 73.3 Å². The summed E-state index contributed by atoms with van der Waals surface area (Å²) in [5.74, 6) is -0.789. The van der Waals surface area contributed by atoms with Crippen molar-refractivity contribution in [2.24, 2.45) is 0 Å². The van der Waals surface area contributed by atoms with Crippen molar-refractivity contribution in [1.29, 1.82) is 0 Å². The number of rotatable bonds is 5. The van der Waals surface area contributed by atoms with E-state index in [0.29, 0.717) is 26.2 Å². The molecule has 1 amide bonds. The van der Waals surface area contributed by atoms with Crippen LogP contribution in [0.3, 0.4) is 0 Å². The average molecular weight is 450 g/mol. The molecule has 30 heavy (non-hydrogen) atoms. The zero-order valence-electron chi connectivity index (χ0n) is 16.2. The van der Waals surface area contributed by atoms with Crippen LogP contribution in [-0.2, 0) is 14.8 Å². The van der Waals surface area contributed by atoms with E-state index in [1.165, 1.54) is 30.5 Å². The van der Waals surface area contributed by atoms with Gasteiger partial charge < -0.3 is 9.80 Å². The van der Waals surface area contributed by atoms with Crippen LogP contribution in [0.5, 0.6) is 0 Å². The van der Waals surface area contributed by atoms with E-state index in [1.54, 1.807) is 11.1 Å². The van der Waals surface area contributed by atoms with E-state index in [1.807, 2.05) is 12.1 Å². The summed E-state index contributed by atoms with van der Waals surface area (Å²) in [6.45, 7) is 1.91. The number of thiazole rings is 1. The summed E-state index contributed by atoms with van der Waals surface area (Å²) in [6, 6.07) is 8.31. The summed E-state index contributed by atoms with van der Waals surface area (Å²) in [7, 11) is -2.52. The number of pyridine rings is 1. The number of hydrogen-bond donors (Lipinski definition) is 0. The molecule has 1 aliphatic heterocycles. The molecule has 11 heteroatoms. The van der Waals surface area contributed by atoms with Gasteiger partial charge >= 0.3 is 0 Å². The molecule has 4 rings (SSSR count). The first-order valence-electron chi connectivity index (χ1n) is 9.31. The smallest absolute Gasteiger partial charge is 0.243 e. The van der Waals surface area contributed by atoms with E-state index < -0.39 is 15.8 Å². The van der Waals surface area contributed by atoms with Gasteiger partial charge in [0.25, 0.3) is 0 Å². The maximum Gasteiger partial charge on any atom is 0.243 e. The Morgan fingerprint density at radius 2 is 1.87 bits per heavy atom. The second-order valence-corrected chi connectivity index (χ2v) is 9.91. The number of fused-ring (bicyclic) bond motifs is 1. The van der Waals surface area contributed by atoms with E-state index in [9.17, 15) is 17.6 Å². The number of sulfonamides is 1. The van der Waals surface area contributed by atoms with Crippen LogP contribution >= 0.6 is 11.3 Å². The van der Waals surface area contributed by atoms with Crippen LogP contribution in [0.4, 0.5) is 9.52 Å². The Morgan fingerprint density at radius 3 is 2.53 bits per heavy atom. The van der Waals surface area contributed by atoms with Gasteiger partial charge in [-0.25, -0.2) is 22.8 Å². The van der Waals surface area contributed by atoms with Crippen molar-refractivity contribution >= 4 is 42.7 Å². The SMILES string of the molecule is CN(CC(=O)N1CCN(c2nc3cccnc3s2)CC1)S(=O)(=O)c1ccc(F)cc1. The highest BCUT2D eigenvalue weighted by molar-refractivity contribution is 7.89. The van der Waals surface area contributed by atoms with Crippen LogP contribution in [0.2, 0.25) is 0 Å². The number of hydrogen-bond acceptors (Lipinski definition) is 7. The fraction of sp³-hybridized carbons (Fsp3) is 0.316. The van der Waals surface area contributed by atoms with E-state index in [4.69, 9.17) is 0 Å². The third kappa shape index (κ3) is 4.13. The largest absolute Gasteiger partial charge is 0.344 e. The fourth-order valence-electron chi connectivity index (χ4n) is 3.20. The molecule has 1 aromatic carbocycles. The molecule has 2 aromatic heterocycles. The molecule has 0 radical (unpaired) electrons. The van der Waals surface area contributed by atoms with Crippen LogP contribution in [0, 0.1) is 5.82 Å². The van der Waals surface area contributed by atoms with Gasteiger partial charge in [0.1, 0.15) is 16.2 Å². The van der Waals surface area contributed by atoms with Crippen LogP contribution in [0.25, 0.3) is 10.3 Å². The highest BCUT2D eigenvalue weighted by Gasteiger charge is 2.28. The number of carbonyl (C=O) groups is 1. The van der Waals surface area contributed by atoms with Gasteiger partial charge in [0.2, 0.25) is 15.9 Å². The standard InChI is InChI=1S/C19H20FN5O3S2/c1-23(30(27,28)15-6-4-14(20)5-7-15)13-17(26)24-9-11-25(12-10-24)19-22-16-3-2-8-21-18(16)29-19/h2-8H,9-13H2,1H3. The Labute approximate surface area is 177 Å². The van der Waals surface area contributed by atoms with Gasteiger partial charge in [-0.2, -0.15) is 4.31 Å². The molecule has 0 aliphatic carbocycles. The number of anilines is 1. The average Bonchev–Trinajstić information content (AvgIpc) is 3.18. The molecular formula is C19H20FN5O3S2. The fourth-order valence-corrected chi connectivity index (χ4v) is 5.28. The lowest BCUT2D eigenvalue weighted by molar-refractivity contribution is -0.131. The molecule has 0 saturated carbocycles. The van der Waals surface area contributed by atoms with Crippen molar-refractivity contribution in [3.05, 3.63) is 48.4 Å². The maximum absolute atomic E-state index is 13.1. The molecule has 3 heterocycles. The van der Waals surface area contributed by atoms with Gasteiger partial charge in [-0.1, -0.05) is 11.3 Å². The van der Waals surface area contributed by atoms with Gasteiger partial charge in [0, 0.05) is 39.4 Å². The zero-order valence-corrected chi connectivity index (χ0v) is 17.9. The van der Waals surface area contributed by atoms with Crippen molar-refractivity contribution in [3.8, 4) is 0 Å². The van der Waals surface area contributed by atoms with Crippen molar-refractivity contribution in [1.82, 2.24) is 19.2 Å². The molecule has 158 valence electrons. The van der Waals surface area contributed by atoms with E-state index in [2.05, 4.69) is 14.9 Å². The number of amides is 1. The van der Waals surface area contributed by atoms with Crippen LogP contribution in [0.15, 0.2) is 47.5 Å². The molecule has 3 aromatic rings. The number of halogens is 1. The Balaban J connectivity index is 1.36. The number of likely N-dealkylation sites (N-methyl/N-ethyl adjacent to an activating group) is 1. The number of piperazine rings is 1. The van der Waals surface area contributed by atoms with Crippen molar-refractivity contribution in [2.45, 2.75) is 4.90 Å². The summed E-state index contributed by atoms with van der Waals surface area (Å²) < 4.78 is 39.2. The minimum atomic E-state index is -3.86. The summed E-state index contributed by atoms with van der Waals surface area (Å²) >= 11 is 1.51. The number of nitrogens with zero attached hydrogens (tertiary/aromatic N) is 5. The highest BCUT2D eigenvalue weighted by atomic mass is 32.2. The Morgan fingerprint density at radius 1 is 1.17 bits per heavy atom. The molecule has 1 aliphatic rings. The molecular weight excluding hydrogens is 429 g/mol. The lowest BCUT2D eigenvalue weighted by atomic mass is 10.3. The van der Waals surface area contributed by atoms with E-state index >= 15 is 0 Å². The van der Waals surface area contributed by atoms with Crippen molar-refractivity contribution in [2.75, 3.05) is 44.7 Å². The predicted octanol–water partition coefficient (Wildman–Crippen LogP) is 1.80. The van der Waals surface area contributed by atoms with Crippen molar-refractivity contribution in [3.63, 3.8) is 0 Å². The van der Waals surface area contributed by atoms with E-state index in [-0.39, 0.29) is 17.3 Å². The van der Waals surface area contributed by atoms with Crippen LogP contribution in [0.1, 0.15) is 0 Å². The van der Waals surface area contributed by atoms with E-state index in [0.717, 1.165) is 31.9 Å². The summed E-state index contributed by atoms with van der Waals surface area (Å²) in [5, 5.41) is 0.867. The van der Waals surface area contributed by atoms with Crippen molar-refractivity contribution < 1.29 is 17.6 Å². The zero-order chi connectivity index (χ0) is 21.3. The maximum atomic E-state index is 13.1. The topological polar surface area (TPSA) is 86.7 Å². The second kappa shape index (κ2) is 8.25.